The van der Waals surface area contributed by atoms with Crippen LogP contribution in [0.1, 0.15) is 51.0 Å². The van der Waals surface area contributed by atoms with Gasteiger partial charge in [0.2, 0.25) is 5.91 Å². The highest BCUT2D eigenvalue weighted by Crippen LogP contribution is 2.19. The lowest BCUT2D eigenvalue weighted by molar-refractivity contribution is -0.121. The van der Waals surface area contributed by atoms with Crippen molar-refractivity contribution in [2.75, 3.05) is 32.8 Å². The van der Waals surface area contributed by atoms with Crippen molar-refractivity contribution in [3.8, 4) is 5.75 Å². The second-order valence-corrected chi connectivity index (χ2v) is 6.50. The average molecular weight is 332 g/mol. The summed E-state index contributed by atoms with van der Waals surface area (Å²) in [6, 6.07) is 7.98. The van der Waals surface area contributed by atoms with Gasteiger partial charge in [-0.2, -0.15) is 0 Å². The zero-order chi connectivity index (χ0) is 17.0. The van der Waals surface area contributed by atoms with Gasteiger partial charge in [0.25, 0.3) is 0 Å². The van der Waals surface area contributed by atoms with E-state index in [1.165, 1.54) is 38.8 Å². The molecule has 1 saturated heterocycles. The lowest BCUT2D eigenvalue weighted by Crippen LogP contribution is -2.30. The third-order valence-electron chi connectivity index (χ3n) is 4.57. The first kappa shape index (κ1) is 18.8. The molecule has 0 saturated carbocycles. The summed E-state index contributed by atoms with van der Waals surface area (Å²) in [6.07, 6.45) is 7.69. The predicted octanol–water partition coefficient (Wildman–Crippen LogP) is 3.40. The van der Waals surface area contributed by atoms with E-state index in [1.807, 2.05) is 31.2 Å². The van der Waals surface area contributed by atoms with Gasteiger partial charge in [-0.05, 0) is 63.9 Å². The summed E-state index contributed by atoms with van der Waals surface area (Å²) in [5, 5.41) is 3.05. The molecule has 1 heterocycles. The molecule has 0 radical (unpaired) electrons. The SMILES string of the molecule is CCOc1ccccc1CCC(=O)NCCCN1CCCCCC1. The smallest absolute Gasteiger partial charge is 0.220 e. The van der Waals surface area contributed by atoms with Gasteiger partial charge < -0.3 is 15.0 Å². The van der Waals surface area contributed by atoms with E-state index in [0.717, 1.165) is 37.2 Å². The summed E-state index contributed by atoms with van der Waals surface area (Å²) in [4.78, 5) is 14.6. The minimum atomic E-state index is 0.136. The van der Waals surface area contributed by atoms with E-state index in [-0.39, 0.29) is 5.91 Å². The fourth-order valence-electron chi connectivity index (χ4n) is 3.23. The average Bonchev–Trinajstić information content (AvgIpc) is 2.87. The monoisotopic (exact) mass is 332 g/mol. The van der Waals surface area contributed by atoms with Gasteiger partial charge >= 0.3 is 0 Å². The van der Waals surface area contributed by atoms with E-state index in [0.29, 0.717) is 13.0 Å². The number of hydrogen-bond acceptors (Lipinski definition) is 3. The minimum absolute atomic E-state index is 0.136. The Kier molecular flexibility index (Phi) is 8.67. The molecule has 1 fully saturated rings. The number of aryl methyl sites for hydroxylation is 1. The zero-order valence-electron chi connectivity index (χ0n) is 15.1. The molecule has 1 aromatic rings. The molecule has 1 aromatic carbocycles. The van der Waals surface area contributed by atoms with E-state index in [1.54, 1.807) is 0 Å². The van der Waals surface area contributed by atoms with Crippen LogP contribution in [0, 0.1) is 0 Å². The van der Waals surface area contributed by atoms with E-state index in [9.17, 15) is 4.79 Å². The molecule has 1 N–H and O–H groups in total. The second kappa shape index (κ2) is 11.1. The summed E-state index contributed by atoms with van der Waals surface area (Å²) in [5.74, 6) is 1.03. The Bertz CT molecular complexity index is 482. The van der Waals surface area contributed by atoms with Gasteiger partial charge in [0, 0.05) is 13.0 Å². The molecule has 1 amide bonds. The van der Waals surface area contributed by atoms with E-state index in [2.05, 4.69) is 10.2 Å². The van der Waals surface area contributed by atoms with Gasteiger partial charge in [-0.15, -0.1) is 0 Å². The van der Waals surface area contributed by atoms with Crippen molar-refractivity contribution < 1.29 is 9.53 Å². The molecule has 0 atom stereocenters. The quantitative estimate of drug-likeness (QED) is 0.705. The maximum absolute atomic E-state index is 12.0. The van der Waals surface area contributed by atoms with Crippen molar-refractivity contribution in [2.45, 2.75) is 51.9 Å². The fourth-order valence-corrected chi connectivity index (χ4v) is 3.23. The number of benzene rings is 1. The lowest BCUT2D eigenvalue weighted by Gasteiger charge is -2.19. The van der Waals surface area contributed by atoms with Gasteiger partial charge in [-0.25, -0.2) is 0 Å². The first-order chi connectivity index (χ1) is 11.8. The number of para-hydroxylation sites is 1. The maximum atomic E-state index is 12.0. The van der Waals surface area contributed by atoms with Gasteiger partial charge in [-0.3, -0.25) is 4.79 Å². The number of nitrogens with one attached hydrogen (secondary N) is 1. The second-order valence-electron chi connectivity index (χ2n) is 6.50. The summed E-state index contributed by atoms with van der Waals surface area (Å²) in [6.45, 7) is 6.97. The van der Waals surface area contributed by atoms with Crippen LogP contribution < -0.4 is 10.1 Å². The topological polar surface area (TPSA) is 41.6 Å². The molecule has 0 unspecified atom stereocenters. The molecular formula is C20H32N2O2. The molecule has 2 rings (SSSR count). The van der Waals surface area contributed by atoms with Crippen molar-refractivity contribution >= 4 is 5.91 Å². The number of carbonyl (C=O) groups is 1. The van der Waals surface area contributed by atoms with E-state index >= 15 is 0 Å². The number of carbonyl (C=O) groups excluding carboxylic acids is 1. The number of nitrogens with zero attached hydrogens (tertiary/aromatic N) is 1. The van der Waals surface area contributed by atoms with Crippen LogP contribution in [-0.4, -0.2) is 43.6 Å². The van der Waals surface area contributed by atoms with Crippen molar-refractivity contribution in [3.63, 3.8) is 0 Å². The summed E-state index contributed by atoms with van der Waals surface area (Å²) in [7, 11) is 0. The third kappa shape index (κ3) is 6.91. The van der Waals surface area contributed by atoms with Crippen molar-refractivity contribution in [1.82, 2.24) is 10.2 Å². The predicted molar refractivity (Wildman–Crippen MR) is 98.5 cm³/mol. The molecule has 134 valence electrons. The van der Waals surface area contributed by atoms with E-state index in [4.69, 9.17) is 4.74 Å². The highest BCUT2D eigenvalue weighted by atomic mass is 16.5. The number of rotatable bonds is 9. The van der Waals surface area contributed by atoms with Gasteiger partial charge in [0.1, 0.15) is 5.75 Å². The standard InChI is InChI=1S/C20H32N2O2/c1-2-24-19-11-6-5-10-18(19)12-13-20(23)21-14-9-17-22-15-7-3-4-8-16-22/h5-6,10-11H,2-4,7-9,12-17H2,1H3,(H,21,23). The Hall–Kier alpha value is -1.55. The Morgan fingerprint density at radius 1 is 1.17 bits per heavy atom. The molecule has 1 aliphatic heterocycles. The minimum Gasteiger partial charge on any atom is -0.494 e. The van der Waals surface area contributed by atoms with E-state index < -0.39 is 0 Å². The van der Waals surface area contributed by atoms with Crippen LogP contribution in [0.5, 0.6) is 5.75 Å². The molecule has 1 aliphatic rings. The van der Waals surface area contributed by atoms with Crippen molar-refractivity contribution in [2.24, 2.45) is 0 Å². The molecule has 0 bridgehead atoms. The molecule has 0 aliphatic carbocycles. The highest BCUT2D eigenvalue weighted by molar-refractivity contribution is 5.76. The Balaban J connectivity index is 1.61. The number of ether oxygens (including phenoxy) is 1. The van der Waals surface area contributed by atoms with Crippen LogP contribution in [0.4, 0.5) is 0 Å². The summed E-state index contributed by atoms with van der Waals surface area (Å²) >= 11 is 0. The lowest BCUT2D eigenvalue weighted by atomic mass is 10.1. The number of amides is 1. The first-order valence-corrected chi connectivity index (χ1v) is 9.49. The Morgan fingerprint density at radius 3 is 2.67 bits per heavy atom. The van der Waals surface area contributed by atoms with Crippen LogP contribution in [0.25, 0.3) is 0 Å². The molecule has 0 spiro atoms. The highest BCUT2D eigenvalue weighted by Gasteiger charge is 2.09. The maximum Gasteiger partial charge on any atom is 0.220 e. The number of likely N-dealkylation sites (tertiary alicyclic amines) is 1. The van der Waals surface area contributed by atoms with Crippen LogP contribution in [0.2, 0.25) is 0 Å². The van der Waals surface area contributed by atoms with Crippen molar-refractivity contribution in [1.29, 1.82) is 0 Å². The fraction of sp³-hybridized carbons (Fsp3) is 0.650. The summed E-state index contributed by atoms with van der Waals surface area (Å²) < 4.78 is 5.61. The molecule has 24 heavy (non-hydrogen) atoms. The molecule has 4 nitrogen and oxygen atoms in total. The zero-order valence-corrected chi connectivity index (χ0v) is 15.1. The number of hydrogen-bond donors (Lipinski definition) is 1. The van der Waals surface area contributed by atoms with Gasteiger partial charge in [0.05, 0.1) is 6.61 Å². The molecular weight excluding hydrogens is 300 g/mol. The molecule has 0 aromatic heterocycles. The van der Waals surface area contributed by atoms with Crippen LogP contribution in [0.3, 0.4) is 0 Å². The Labute approximate surface area is 146 Å². The van der Waals surface area contributed by atoms with Gasteiger partial charge in [0.15, 0.2) is 0 Å². The van der Waals surface area contributed by atoms with Crippen LogP contribution in [0.15, 0.2) is 24.3 Å². The van der Waals surface area contributed by atoms with Crippen molar-refractivity contribution in [3.05, 3.63) is 29.8 Å². The normalized spacial score (nSPS) is 15.7. The third-order valence-corrected chi connectivity index (χ3v) is 4.57. The first-order valence-electron chi connectivity index (χ1n) is 9.49. The largest absolute Gasteiger partial charge is 0.494 e. The van der Waals surface area contributed by atoms with Crippen LogP contribution in [-0.2, 0) is 11.2 Å². The molecule has 4 heteroatoms. The van der Waals surface area contributed by atoms with Gasteiger partial charge in [-0.1, -0.05) is 31.0 Å². The summed E-state index contributed by atoms with van der Waals surface area (Å²) in [5.41, 5.74) is 1.11. The Morgan fingerprint density at radius 2 is 1.92 bits per heavy atom. The van der Waals surface area contributed by atoms with Crippen LogP contribution >= 0.6 is 0 Å².